The molecule has 1 heterocycles. The highest BCUT2D eigenvalue weighted by Crippen LogP contribution is 2.40. The Balaban J connectivity index is 2.12. The van der Waals surface area contributed by atoms with Crippen LogP contribution in [0.25, 0.3) is 0 Å². The minimum Gasteiger partial charge on any atom is -0.480 e. The van der Waals surface area contributed by atoms with Gasteiger partial charge in [-0.1, -0.05) is 6.08 Å². The first kappa shape index (κ1) is 18.3. The average molecular weight is 338 g/mol. The van der Waals surface area contributed by atoms with Gasteiger partial charge in [-0.15, -0.1) is 0 Å². The monoisotopic (exact) mass is 338 g/mol. The summed E-state index contributed by atoms with van der Waals surface area (Å²) in [6.07, 6.45) is 4.45. The van der Waals surface area contributed by atoms with Gasteiger partial charge in [-0.3, -0.25) is 4.79 Å². The molecule has 1 aliphatic heterocycles. The summed E-state index contributed by atoms with van der Waals surface area (Å²) in [6, 6.07) is -1.72. The number of amides is 2. The van der Waals surface area contributed by atoms with E-state index >= 15 is 0 Å². The van der Waals surface area contributed by atoms with E-state index in [0.29, 0.717) is 6.42 Å². The molecule has 0 radical (unpaired) electrons. The van der Waals surface area contributed by atoms with Gasteiger partial charge in [0, 0.05) is 11.6 Å². The molecule has 24 heavy (non-hydrogen) atoms. The van der Waals surface area contributed by atoms with Crippen molar-refractivity contribution < 1.29 is 24.2 Å². The van der Waals surface area contributed by atoms with Crippen molar-refractivity contribution in [3.8, 4) is 0 Å². The van der Waals surface area contributed by atoms with Gasteiger partial charge in [0.15, 0.2) is 0 Å². The second-order valence-electron chi connectivity index (χ2n) is 7.42. The van der Waals surface area contributed by atoms with Gasteiger partial charge in [-0.05, 0) is 53.4 Å². The summed E-state index contributed by atoms with van der Waals surface area (Å²) in [7, 11) is 0. The van der Waals surface area contributed by atoms with Crippen molar-refractivity contribution in [2.45, 2.75) is 71.1 Å². The van der Waals surface area contributed by atoms with E-state index in [4.69, 9.17) is 4.74 Å². The Morgan fingerprint density at radius 3 is 2.62 bits per heavy atom. The topological polar surface area (TPSA) is 95.9 Å². The van der Waals surface area contributed by atoms with Crippen LogP contribution >= 0.6 is 0 Å². The molecule has 7 heteroatoms. The van der Waals surface area contributed by atoms with E-state index in [9.17, 15) is 19.5 Å². The summed E-state index contributed by atoms with van der Waals surface area (Å²) >= 11 is 0. The van der Waals surface area contributed by atoms with Crippen LogP contribution in [0, 0.1) is 5.92 Å². The van der Waals surface area contributed by atoms with Gasteiger partial charge in [0.1, 0.15) is 17.7 Å². The van der Waals surface area contributed by atoms with Gasteiger partial charge < -0.3 is 20.1 Å². The number of nitrogens with zero attached hydrogens (tertiary/aromatic N) is 1. The molecule has 1 saturated heterocycles. The first-order valence-corrected chi connectivity index (χ1v) is 8.35. The molecular weight excluding hydrogens is 312 g/mol. The van der Waals surface area contributed by atoms with E-state index in [-0.39, 0.29) is 5.92 Å². The van der Waals surface area contributed by atoms with E-state index in [0.717, 1.165) is 25.0 Å². The van der Waals surface area contributed by atoms with Crippen LogP contribution in [-0.2, 0) is 14.3 Å². The summed E-state index contributed by atoms with van der Waals surface area (Å²) in [5, 5.41) is 12.0. The van der Waals surface area contributed by atoms with Crippen LogP contribution in [-0.4, -0.2) is 45.7 Å². The number of carbonyl (C=O) groups is 3. The van der Waals surface area contributed by atoms with Gasteiger partial charge in [0.2, 0.25) is 5.91 Å². The van der Waals surface area contributed by atoms with Gasteiger partial charge in [0.05, 0.1) is 0 Å². The summed E-state index contributed by atoms with van der Waals surface area (Å²) in [4.78, 5) is 37.5. The molecule has 2 rings (SSSR count). The number of carbonyl (C=O) groups excluding carboxylic acids is 2. The fourth-order valence-electron chi connectivity index (χ4n) is 3.26. The van der Waals surface area contributed by atoms with Crippen LogP contribution in [0.4, 0.5) is 4.79 Å². The van der Waals surface area contributed by atoms with Crippen molar-refractivity contribution in [2.24, 2.45) is 5.92 Å². The highest BCUT2D eigenvalue weighted by atomic mass is 16.6. The van der Waals surface area contributed by atoms with E-state index in [1.54, 1.807) is 27.7 Å². The molecule has 0 aromatic heterocycles. The lowest BCUT2D eigenvalue weighted by molar-refractivity contribution is -0.147. The Morgan fingerprint density at radius 1 is 1.38 bits per heavy atom. The van der Waals surface area contributed by atoms with Crippen LogP contribution in [0.1, 0.15) is 53.4 Å². The standard InChI is InChI=1S/C17H26N2O5/c1-10(18-16(23)24-17(2,3)4)14(20)19-12-8-6-5-7-11(12)9-13(19)15(21)22/h8,10-11,13H,5-7,9H2,1-4H3,(H,18,23)(H,21,22)/t10-,11?,13-/m0/s1. The molecule has 2 amide bonds. The molecule has 1 unspecified atom stereocenters. The molecule has 0 saturated carbocycles. The SMILES string of the molecule is C[C@H](NC(=O)OC(C)(C)C)C(=O)N1C2=CCCCC2C[C@H]1C(=O)O. The van der Waals surface area contributed by atoms with Crippen molar-refractivity contribution >= 4 is 18.0 Å². The summed E-state index contributed by atoms with van der Waals surface area (Å²) in [5.41, 5.74) is 0.123. The molecule has 0 aromatic carbocycles. The molecule has 0 spiro atoms. The molecular formula is C17H26N2O5. The third kappa shape index (κ3) is 4.07. The Morgan fingerprint density at radius 2 is 2.04 bits per heavy atom. The number of rotatable bonds is 3. The van der Waals surface area contributed by atoms with Crippen molar-refractivity contribution in [1.29, 1.82) is 0 Å². The molecule has 1 aliphatic carbocycles. The molecule has 1 fully saturated rings. The number of likely N-dealkylation sites (tertiary alicyclic amines) is 1. The molecule has 0 bridgehead atoms. The third-order valence-corrected chi connectivity index (χ3v) is 4.25. The quantitative estimate of drug-likeness (QED) is 0.823. The molecule has 2 aliphatic rings. The maximum atomic E-state index is 12.8. The molecule has 2 N–H and O–H groups in total. The number of nitrogens with one attached hydrogen (secondary N) is 1. The number of carboxylic acids is 1. The van der Waals surface area contributed by atoms with Crippen LogP contribution in [0.5, 0.6) is 0 Å². The Hall–Kier alpha value is -2.05. The van der Waals surface area contributed by atoms with Gasteiger partial charge in [0.25, 0.3) is 0 Å². The van der Waals surface area contributed by atoms with Crippen molar-refractivity contribution in [3.63, 3.8) is 0 Å². The number of hydrogen-bond acceptors (Lipinski definition) is 4. The van der Waals surface area contributed by atoms with Crippen LogP contribution in [0.15, 0.2) is 11.8 Å². The number of aliphatic carboxylic acids is 1. The van der Waals surface area contributed by atoms with E-state index in [1.807, 2.05) is 6.08 Å². The molecule has 134 valence electrons. The number of alkyl carbamates (subject to hydrolysis) is 1. The highest BCUT2D eigenvalue weighted by molar-refractivity contribution is 5.91. The minimum atomic E-state index is -1.01. The first-order chi connectivity index (χ1) is 11.1. The smallest absolute Gasteiger partial charge is 0.408 e. The number of carboxylic acid groups (broad SMARTS) is 1. The number of allylic oxidation sites excluding steroid dienone is 2. The van der Waals surface area contributed by atoms with E-state index in [1.165, 1.54) is 4.90 Å². The zero-order valence-corrected chi connectivity index (χ0v) is 14.7. The van der Waals surface area contributed by atoms with Gasteiger partial charge >= 0.3 is 12.1 Å². The maximum Gasteiger partial charge on any atom is 0.408 e. The van der Waals surface area contributed by atoms with E-state index in [2.05, 4.69) is 5.32 Å². The lowest BCUT2D eigenvalue weighted by Gasteiger charge is -2.29. The average Bonchev–Trinajstić information content (AvgIpc) is 2.83. The predicted octanol–water partition coefficient (Wildman–Crippen LogP) is 2.27. The number of hydrogen-bond donors (Lipinski definition) is 2. The van der Waals surface area contributed by atoms with Crippen molar-refractivity contribution in [1.82, 2.24) is 10.2 Å². The van der Waals surface area contributed by atoms with Crippen molar-refractivity contribution in [2.75, 3.05) is 0 Å². The second kappa shape index (κ2) is 6.83. The minimum absolute atomic E-state index is 0.109. The number of fused-ring (bicyclic) bond motifs is 1. The Kier molecular flexibility index (Phi) is 5.20. The Bertz CT molecular complexity index is 564. The number of ether oxygens (including phenoxy) is 1. The summed E-state index contributed by atoms with van der Waals surface area (Å²) < 4.78 is 5.15. The third-order valence-electron chi connectivity index (χ3n) is 4.25. The fraction of sp³-hybridized carbons (Fsp3) is 0.706. The first-order valence-electron chi connectivity index (χ1n) is 8.35. The maximum absolute atomic E-state index is 12.8. The normalized spacial score (nSPS) is 24.7. The van der Waals surface area contributed by atoms with Crippen molar-refractivity contribution in [3.05, 3.63) is 11.8 Å². The van der Waals surface area contributed by atoms with Crippen LogP contribution in [0.3, 0.4) is 0 Å². The zero-order valence-electron chi connectivity index (χ0n) is 14.7. The Labute approximate surface area is 142 Å². The highest BCUT2D eigenvalue weighted by Gasteiger charge is 2.45. The van der Waals surface area contributed by atoms with Gasteiger partial charge in [-0.25, -0.2) is 9.59 Å². The molecule has 0 aromatic rings. The van der Waals surface area contributed by atoms with Crippen LogP contribution in [0.2, 0.25) is 0 Å². The predicted molar refractivity (Wildman–Crippen MR) is 87.1 cm³/mol. The van der Waals surface area contributed by atoms with E-state index < -0.39 is 35.7 Å². The lowest BCUT2D eigenvalue weighted by atomic mass is 9.91. The van der Waals surface area contributed by atoms with Gasteiger partial charge in [-0.2, -0.15) is 0 Å². The lowest BCUT2D eigenvalue weighted by Crippen LogP contribution is -2.50. The largest absolute Gasteiger partial charge is 0.480 e. The summed E-state index contributed by atoms with van der Waals surface area (Å²) in [5.74, 6) is -1.32. The summed E-state index contributed by atoms with van der Waals surface area (Å²) in [6.45, 7) is 6.74. The fourth-order valence-corrected chi connectivity index (χ4v) is 3.26. The van der Waals surface area contributed by atoms with Crippen LogP contribution < -0.4 is 5.32 Å². The zero-order chi connectivity index (χ0) is 18.1. The molecule has 3 atom stereocenters. The molecule has 7 nitrogen and oxygen atoms in total. The second-order valence-corrected chi connectivity index (χ2v) is 7.42.